The van der Waals surface area contributed by atoms with E-state index in [-0.39, 0.29) is 12.1 Å². The summed E-state index contributed by atoms with van der Waals surface area (Å²) in [5, 5.41) is 13.7. The maximum Gasteiger partial charge on any atom is 0.254 e. The van der Waals surface area contributed by atoms with Crippen LogP contribution in [0.25, 0.3) is 10.9 Å². The number of hydrogen-bond acceptors (Lipinski definition) is 2. The van der Waals surface area contributed by atoms with Gasteiger partial charge in [-0.2, -0.15) is 0 Å². The molecule has 1 aromatic heterocycles. The molecule has 0 fully saturated rings. The zero-order valence-corrected chi connectivity index (χ0v) is 13.0. The van der Waals surface area contributed by atoms with Crippen LogP contribution in [-0.4, -0.2) is 22.1 Å². The Labute approximate surface area is 137 Å². The first-order valence-electron chi connectivity index (χ1n) is 7.42. The number of benzene rings is 2. The third-order valence-electron chi connectivity index (χ3n) is 3.92. The molecule has 1 atom stereocenters. The van der Waals surface area contributed by atoms with Crippen molar-refractivity contribution in [2.45, 2.75) is 6.10 Å². The summed E-state index contributed by atoms with van der Waals surface area (Å²) in [4.78, 5) is 12.0. The number of rotatable bonds is 4. The van der Waals surface area contributed by atoms with Gasteiger partial charge in [-0.25, -0.2) is 8.78 Å². The molecule has 6 heteroatoms. The van der Waals surface area contributed by atoms with E-state index in [4.69, 9.17) is 0 Å². The highest BCUT2D eigenvalue weighted by Crippen LogP contribution is 2.25. The Hall–Kier alpha value is -2.73. The Kier molecular flexibility index (Phi) is 4.31. The van der Waals surface area contributed by atoms with Crippen LogP contribution in [-0.2, 0) is 7.05 Å². The molecule has 0 spiro atoms. The lowest BCUT2D eigenvalue weighted by atomic mass is 10.1. The van der Waals surface area contributed by atoms with Crippen molar-refractivity contribution in [3.8, 4) is 0 Å². The largest absolute Gasteiger partial charge is 0.386 e. The molecule has 124 valence electrons. The monoisotopic (exact) mass is 330 g/mol. The number of aryl methyl sites for hydroxylation is 1. The second kappa shape index (κ2) is 6.41. The molecular weight excluding hydrogens is 314 g/mol. The highest BCUT2D eigenvalue weighted by molar-refractivity contribution is 5.94. The van der Waals surface area contributed by atoms with E-state index in [1.165, 1.54) is 0 Å². The van der Waals surface area contributed by atoms with Crippen LogP contribution >= 0.6 is 0 Å². The summed E-state index contributed by atoms with van der Waals surface area (Å²) in [6.07, 6.45) is 0.850. The van der Waals surface area contributed by atoms with Gasteiger partial charge in [-0.15, -0.1) is 0 Å². The minimum absolute atomic E-state index is 0.0797. The van der Waals surface area contributed by atoms with E-state index < -0.39 is 23.6 Å². The normalized spacial score (nSPS) is 12.3. The van der Waals surface area contributed by atoms with Crippen molar-refractivity contribution in [2.24, 2.45) is 7.05 Å². The van der Waals surface area contributed by atoms with Gasteiger partial charge in [0.05, 0.1) is 11.7 Å². The highest BCUT2D eigenvalue weighted by atomic mass is 19.1. The molecule has 1 heterocycles. The van der Waals surface area contributed by atoms with Crippen molar-refractivity contribution in [1.29, 1.82) is 0 Å². The van der Waals surface area contributed by atoms with Crippen molar-refractivity contribution in [3.63, 3.8) is 0 Å². The van der Waals surface area contributed by atoms with Crippen molar-refractivity contribution >= 4 is 16.8 Å². The summed E-state index contributed by atoms with van der Waals surface area (Å²) in [5.74, 6) is -2.39. The van der Waals surface area contributed by atoms with Gasteiger partial charge in [0, 0.05) is 42.3 Å². The van der Waals surface area contributed by atoms with Crippen LogP contribution in [0, 0.1) is 11.6 Å². The summed E-state index contributed by atoms with van der Waals surface area (Å²) in [7, 11) is 1.87. The topological polar surface area (TPSA) is 54.3 Å². The second-order valence-corrected chi connectivity index (χ2v) is 5.56. The van der Waals surface area contributed by atoms with E-state index in [1.807, 2.05) is 35.9 Å². The quantitative estimate of drug-likeness (QED) is 0.773. The van der Waals surface area contributed by atoms with Gasteiger partial charge in [0.25, 0.3) is 5.91 Å². The fourth-order valence-electron chi connectivity index (χ4n) is 2.71. The molecule has 0 aliphatic heterocycles. The number of amides is 1. The van der Waals surface area contributed by atoms with Crippen molar-refractivity contribution in [1.82, 2.24) is 9.88 Å². The van der Waals surface area contributed by atoms with Gasteiger partial charge >= 0.3 is 0 Å². The van der Waals surface area contributed by atoms with Crippen LogP contribution in [0.15, 0.2) is 48.7 Å². The molecule has 0 saturated carbocycles. The molecule has 3 rings (SSSR count). The van der Waals surface area contributed by atoms with E-state index in [1.54, 1.807) is 6.20 Å². The van der Waals surface area contributed by atoms with Gasteiger partial charge in [-0.05, 0) is 18.2 Å². The average Bonchev–Trinajstić information content (AvgIpc) is 2.90. The van der Waals surface area contributed by atoms with E-state index in [0.29, 0.717) is 11.6 Å². The third kappa shape index (κ3) is 3.00. The van der Waals surface area contributed by atoms with Crippen molar-refractivity contribution in [2.75, 3.05) is 6.54 Å². The molecule has 24 heavy (non-hydrogen) atoms. The number of carbonyl (C=O) groups excluding carboxylic acids is 1. The number of aliphatic hydroxyl groups is 1. The summed E-state index contributed by atoms with van der Waals surface area (Å²) < 4.78 is 28.4. The van der Waals surface area contributed by atoms with Crippen LogP contribution in [0.2, 0.25) is 0 Å². The minimum Gasteiger partial charge on any atom is -0.386 e. The second-order valence-electron chi connectivity index (χ2n) is 5.56. The molecule has 1 amide bonds. The molecule has 0 radical (unpaired) electrons. The van der Waals surface area contributed by atoms with Crippen LogP contribution in [0.5, 0.6) is 0 Å². The van der Waals surface area contributed by atoms with E-state index in [2.05, 4.69) is 5.32 Å². The smallest absolute Gasteiger partial charge is 0.254 e. The van der Waals surface area contributed by atoms with Crippen LogP contribution in [0.4, 0.5) is 8.78 Å². The first-order valence-corrected chi connectivity index (χ1v) is 7.42. The number of carbonyl (C=O) groups is 1. The van der Waals surface area contributed by atoms with Gasteiger partial charge in [-0.1, -0.05) is 18.2 Å². The number of para-hydroxylation sites is 1. The van der Waals surface area contributed by atoms with Gasteiger partial charge in [-0.3, -0.25) is 4.79 Å². The maximum atomic E-state index is 13.6. The summed E-state index contributed by atoms with van der Waals surface area (Å²) >= 11 is 0. The van der Waals surface area contributed by atoms with E-state index in [0.717, 1.165) is 23.0 Å². The van der Waals surface area contributed by atoms with Crippen LogP contribution in [0.3, 0.4) is 0 Å². The molecule has 0 aliphatic rings. The highest BCUT2D eigenvalue weighted by Gasteiger charge is 2.17. The van der Waals surface area contributed by atoms with Gasteiger partial charge in [0.1, 0.15) is 11.6 Å². The summed E-state index contributed by atoms with van der Waals surface area (Å²) in [6.45, 7) is -0.0797. The lowest BCUT2D eigenvalue weighted by Crippen LogP contribution is -2.29. The number of halogens is 2. The lowest BCUT2D eigenvalue weighted by molar-refractivity contribution is 0.0913. The zero-order valence-electron chi connectivity index (χ0n) is 13.0. The number of aliphatic hydroxyl groups excluding tert-OH is 1. The Morgan fingerprint density at radius 1 is 1.25 bits per heavy atom. The molecule has 1 unspecified atom stereocenters. The number of hydrogen-bond donors (Lipinski definition) is 2. The van der Waals surface area contributed by atoms with Gasteiger partial charge < -0.3 is 15.0 Å². The molecular formula is C18H16F2N2O2. The molecule has 2 aromatic carbocycles. The summed E-state index contributed by atoms with van der Waals surface area (Å²) in [6, 6.07) is 10.3. The number of nitrogens with zero attached hydrogens (tertiary/aromatic N) is 1. The Morgan fingerprint density at radius 2 is 2.00 bits per heavy atom. The Morgan fingerprint density at radius 3 is 2.75 bits per heavy atom. The first kappa shape index (κ1) is 16.1. The van der Waals surface area contributed by atoms with Crippen LogP contribution < -0.4 is 5.32 Å². The minimum atomic E-state index is -0.941. The average molecular weight is 330 g/mol. The predicted octanol–water partition coefficient (Wildman–Crippen LogP) is 2.92. The molecule has 0 saturated heterocycles. The SMILES string of the molecule is Cn1cc(C(O)CNC(=O)c2ccc(F)cc2F)c2ccccc21. The third-order valence-corrected chi connectivity index (χ3v) is 3.92. The fourth-order valence-corrected chi connectivity index (χ4v) is 2.71. The Bertz CT molecular complexity index is 905. The fraction of sp³-hybridized carbons (Fsp3) is 0.167. The van der Waals surface area contributed by atoms with Crippen molar-refractivity contribution in [3.05, 3.63) is 71.4 Å². The molecule has 4 nitrogen and oxygen atoms in total. The maximum absolute atomic E-state index is 13.6. The Balaban J connectivity index is 1.75. The van der Waals surface area contributed by atoms with E-state index in [9.17, 15) is 18.7 Å². The molecule has 3 aromatic rings. The molecule has 0 bridgehead atoms. The van der Waals surface area contributed by atoms with Crippen molar-refractivity contribution < 1.29 is 18.7 Å². The van der Waals surface area contributed by atoms with Crippen LogP contribution in [0.1, 0.15) is 22.0 Å². The van der Waals surface area contributed by atoms with Gasteiger partial charge in [0.2, 0.25) is 0 Å². The summed E-state index contributed by atoms with van der Waals surface area (Å²) in [5.41, 5.74) is 1.37. The number of fused-ring (bicyclic) bond motifs is 1. The standard InChI is InChI=1S/C18H16F2N2O2/c1-22-10-14(12-4-2-3-5-16(12)22)17(23)9-21-18(24)13-7-6-11(19)8-15(13)20/h2-8,10,17,23H,9H2,1H3,(H,21,24). The predicted molar refractivity (Wildman–Crippen MR) is 86.6 cm³/mol. The van der Waals surface area contributed by atoms with Gasteiger partial charge in [0.15, 0.2) is 0 Å². The molecule has 2 N–H and O–H groups in total. The number of nitrogens with one attached hydrogen (secondary N) is 1. The zero-order chi connectivity index (χ0) is 17.3. The molecule has 0 aliphatic carbocycles. The number of aromatic nitrogens is 1. The van der Waals surface area contributed by atoms with E-state index >= 15 is 0 Å². The lowest BCUT2D eigenvalue weighted by Gasteiger charge is -2.12. The first-order chi connectivity index (χ1) is 11.5.